The van der Waals surface area contributed by atoms with Crippen LogP contribution < -0.4 is 0 Å². The fraction of sp³-hybridized carbons (Fsp3) is 0. The van der Waals surface area contributed by atoms with Crippen LogP contribution in [0.4, 0.5) is 0 Å². The molecule has 7 aromatic carbocycles. The average molecular weight is 605 g/mol. The van der Waals surface area contributed by atoms with Crippen LogP contribution in [-0.4, -0.2) is 14.5 Å². The summed E-state index contributed by atoms with van der Waals surface area (Å²) in [7, 11) is 0. The molecule has 0 saturated heterocycles. The molecule has 0 aliphatic carbocycles. The van der Waals surface area contributed by atoms with Crippen LogP contribution in [0.3, 0.4) is 0 Å². The molecule has 0 unspecified atom stereocenters. The Balaban J connectivity index is 1.21. The lowest BCUT2D eigenvalue weighted by atomic mass is 9.92. The van der Waals surface area contributed by atoms with Crippen LogP contribution in [0.1, 0.15) is 6.85 Å². The Kier molecular flexibility index (Phi) is 5.32. The molecule has 0 spiro atoms. The van der Waals surface area contributed by atoms with Crippen LogP contribution in [0.5, 0.6) is 0 Å². The van der Waals surface area contributed by atoms with Gasteiger partial charge in [-0.3, -0.25) is 4.57 Å². The van der Waals surface area contributed by atoms with Crippen LogP contribution in [0, 0.1) is 0 Å². The third-order valence-corrected chi connectivity index (χ3v) is 8.67. The standard InChI is InChI=1S/C44H29N3/c1-4-12-30(13-5-1)32-20-22-33(23-21-32)36-26-35(31-14-6-2-7-15-31)27-37(28-36)34-24-25-40-41(29-34)45-43-39-18-10-11-19-42(39)47(44(43)46-40)38-16-8-3-9-17-38/h1-29H/i3D,8D,9D,16D,17D. The van der Waals surface area contributed by atoms with Gasteiger partial charge in [0.2, 0.25) is 0 Å². The van der Waals surface area contributed by atoms with Crippen LogP contribution in [0.15, 0.2) is 176 Å². The van der Waals surface area contributed by atoms with Crippen molar-refractivity contribution in [3.8, 4) is 50.2 Å². The van der Waals surface area contributed by atoms with Gasteiger partial charge in [0.15, 0.2) is 5.65 Å². The molecular formula is C44H29N3. The topological polar surface area (TPSA) is 30.7 Å². The van der Waals surface area contributed by atoms with E-state index in [0.717, 1.165) is 44.3 Å². The minimum absolute atomic E-state index is 0.0459. The SMILES string of the molecule is [2H]c1c([2H])c([2H])c(-n2c3ccccc3c3nc4cc(-c5cc(-c6ccccc6)cc(-c6ccc(-c7ccccc7)cc6)c5)ccc4nc32)c([2H])c1[2H]. The first-order chi connectivity index (χ1) is 25.4. The summed E-state index contributed by atoms with van der Waals surface area (Å²) in [5, 5.41) is 0.774. The van der Waals surface area contributed by atoms with Crippen molar-refractivity contribution in [2.24, 2.45) is 0 Å². The number of hydrogen-bond donors (Lipinski definition) is 0. The molecule has 2 heterocycles. The zero-order valence-electron chi connectivity index (χ0n) is 30.2. The molecule has 0 N–H and O–H groups in total. The Morgan fingerprint density at radius 3 is 1.64 bits per heavy atom. The Bertz CT molecular complexity index is 2800. The number of rotatable bonds is 5. The van der Waals surface area contributed by atoms with E-state index < -0.39 is 18.1 Å². The van der Waals surface area contributed by atoms with Crippen LogP contribution >= 0.6 is 0 Å². The monoisotopic (exact) mass is 604 g/mol. The first-order valence-electron chi connectivity index (χ1n) is 18.0. The minimum Gasteiger partial charge on any atom is -0.293 e. The van der Waals surface area contributed by atoms with Crippen LogP contribution in [0.25, 0.3) is 83.3 Å². The number of aromatic nitrogens is 3. The van der Waals surface area contributed by atoms with Crippen LogP contribution in [-0.2, 0) is 0 Å². The molecule has 9 aromatic rings. The first kappa shape index (κ1) is 22.2. The first-order valence-corrected chi connectivity index (χ1v) is 15.5. The Morgan fingerprint density at radius 1 is 0.426 bits per heavy atom. The summed E-state index contributed by atoms with van der Waals surface area (Å²) in [5.74, 6) is 0. The van der Waals surface area contributed by atoms with E-state index in [2.05, 4.69) is 78.9 Å². The van der Waals surface area contributed by atoms with Gasteiger partial charge in [-0.25, -0.2) is 9.97 Å². The molecule has 0 amide bonds. The summed E-state index contributed by atoms with van der Waals surface area (Å²) in [6.07, 6.45) is 0. The van der Waals surface area contributed by atoms with Gasteiger partial charge in [-0.05, 0) is 93.0 Å². The third kappa shape index (κ3) is 4.86. The van der Waals surface area contributed by atoms with Gasteiger partial charge in [0, 0.05) is 11.1 Å². The molecule has 47 heavy (non-hydrogen) atoms. The van der Waals surface area contributed by atoms with Crippen molar-refractivity contribution in [2.75, 3.05) is 0 Å². The van der Waals surface area contributed by atoms with Gasteiger partial charge in [0.1, 0.15) is 5.52 Å². The molecule has 9 rings (SSSR count). The molecule has 0 radical (unpaired) electrons. The Labute approximate surface area is 280 Å². The lowest BCUT2D eigenvalue weighted by Gasteiger charge is -2.12. The highest BCUT2D eigenvalue weighted by atomic mass is 15.1. The van der Waals surface area contributed by atoms with Crippen molar-refractivity contribution >= 4 is 33.1 Å². The number of para-hydroxylation sites is 2. The van der Waals surface area contributed by atoms with Gasteiger partial charge >= 0.3 is 0 Å². The van der Waals surface area contributed by atoms with E-state index in [-0.39, 0.29) is 17.8 Å². The van der Waals surface area contributed by atoms with Crippen molar-refractivity contribution in [1.82, 2.24) is 14.5 Å². The highest BCUT2D eigenvalue weighted by Gasteiger charge is 2.16. The number of nitrogens with zero attached hydrogens (tertiary/aromatic N) is 3. The van der Waals surface area contributed by atoms with Gasteiger partial charge in [0.05, 0.1) is 23.4 Å². The van der Waals surface area contributed by atoms with E-state index >= 15 is 0 Å². The van der Waals surface area contributed by atoms with Crippen LogP contribution in [0.2, 0.25) is 0 Å². The van der Waals surface area contributed by atoms with Crippen molar-refractivity contribution in [3.63, 3.8) is 0 Å². The smallest absolute Gasteiger partial charge is 0.165 e. The quantitative estimate of drug-likeness (QED) is 0.196. The predicted molar refractivity (Wildman–Crippen MR) is 196 cm³/mol. The zero-order valence-corrected chi connectivity index (χ0v) is 25.2. The molecule has 0 fully saturated rings. The summed E-state index contributed by atoms with van der Waals surface area (Å²) in [6, 6.07) is 47.8. The molecular weight excluding hydrogens is 571 g/mol. The van der Waals surface area contributed by atoms with E-state index in [9.17, 15) is 0 Å². The van der Waals surface area contributed by atoms with Crippen molar-refractivity contribution in [3.05, 3.63) is 176 Å². The largest absolute Gasteiger partial charge is 0.293 e. The molecule has 3 heteroatoms. The van der Waals surface area contributed by atoms with E-state index in [1.165, 1.54) is 5.56 Å². The number of benzene rings is 7. The lowest BCUT2D eigenvalue weighted by molar-refractivity contribution is 1.14. The second-order valence-electron chi connectivity index (χ2n) is 11.5. The summed E-state index contributed by atoms with van der Waals surface area (Å²) in [5.41, 5.74) is 11.8. The van der Waals surface area contributed by atoms with Crippen molar-refractivity contribution in [2.45, 2.75) is 0 Å². The highest BCUT2D eigenvalue weighted by molar-refractivity contribution is 6.07. The van der Waals surface area contributed by atoms with E-state index in [4.69, 9.17) is 16.8 Å². The summed E-state index contributed by atoms with van der Waals surface area (Å²) >= 11 is 0. The normalized spacial score (nSPS) is 12.9. The zero-order chi connectivity index (χ0) is 35.5. The Hall–Kier alpha value is -6.32. The van der Waals surface area contributed by atoms with Gasteiger partial charge < -0.3 is 0 Å². The maximum Gasteiger partial charge on any atom is 0.165 e. The second-order valence-corrected chi connectivity index (χ2v) is 11.5. The minimum atomic E-state index is -0.438. The van der Waals surface area contributed by atoms with Gasteiger partial charge in [-0.2, -0.15) is 0 Å². The molecule has 0 saturated carbocycles. The summed E-state index contributed by atoms with van der Waals surface area (Å²) < 4.78 is 43.8. The van der Waals surface area contributed by atoms with E-state index in [1.54, 1.807) is 4.57 Å². The second kappa shape index (κ2) is 11.2. The predicted octanol–water partition coefficient (Wildman–Crippen LogP) is 11.4. The maximum absolute atomic E-state index is 8.72. The molecule has 220 valence electrons. The Morgan fingerprint density at radius 2 is 0.957 bits per heavy atom. The van der Waals surface area contributed by atoms with Gasteiger partial charge in [-0.1, -0.05) is 127 Å². The van der Waals surface area contributed by atoms with Crippen molar-refractivity contribution < 1.29 is 6.85 Å². The molecule has 0 aliphatic rings. The number of fused-ring (bicyclic) bond motifs is 4. The average Bonchev–Trinajstić information content (AvgIpc) is 3.51. The molecule has 0 aliphatic heterocycles. The summed E-state index contributed by atoms with van der Waals surface area (Å²) in [6.45, 7) is 0. The van der Waals surface area contributed by atoms with Gasteiger partial charge in [-0.15, -0.1) is 0 Å². The highest BCUT2D eigenvalue weighted by Crippen LogP contribution is 2.36. The molecule has 0 atom stereocenters. The fourth-order valence-corrected chi connectivity index (χ4v) is 6.37. The molecule has 2 aromatic heterocycles. The van der Waals surface area contributed by atoms with Gasteiger partial charge in [0.25, 0.3) is 0 Å². The summed E-state index contributed by atoms with van der Waals surface area (Å²) in [4.78, 5) is 10.1. The molecule has 0 bridgehead atoms. The fourth-order valence-electron chi connectivity index (χ4n) is 6.37. The lowest BCUT2D eigenvalue weighted by Crippen LogP contribution is -1.96. The maximum atomic E-state index is 8.72. The third-order valence-electron chi connectivity index (χ3n) is 8.67. The molecule has 3 nitrogen and oxygen atoms in total. The van der Waals surface area contributed by atoms with E-state index in [1.807, 2.05) is 66.7 Å². The number of hydrogen-bond acceptors (Lipinski definition) is 2. The van der Waals surface area contributed by atoms with Crippen molar-refractivity contribution in [1.29, 1.82) is 0 Å². The van der Waals surface area contributed by atoms with E-state index in [0.29, 0.717) is 27.7 Å².